The minimum Gasteiger partial charge on any atom is -0.147 e. The lowest BCUT2D eigenvalue weighted by molar-refractivity contribution is 0.928. The highest BCUT2D eigenvalue weighted by Crippen LogP contribution is 2.05. The summed E-state index contributed by atoms with van der Waals surface area (Å²) in [5.41, 5.74) is 1.43. The molecule has 1 rings (SSSR count). The third-order valence-corrected chi connectivity index (χ3v) is 3.01. The molecular formula is C9H14Cl2PS+. The van der Waals surface area contributed by atoms with Crippen molar-refractivity contribution in [2.24, 2.45) is 0 Å². The number of halogens is 2. The van der Waals surface area contributed by atoms with Gasteiger partial charge in [0.1, 0.15) is 0 Å². The van der Waals surface area contributed by atoms with Crippen LogP contribution in [-0.4, -0.2) is 0 Å². The number of benzene rings is 1. The van der Waals surface area contributed by atoms with Crippen molar-refractivity contribution in [3.8, 4) is 0 Å². The number of hydrogen-bond acceptors (Lipinski definition) is 1. The predicted molar refractivity (Wildman–Crippen MR) is 70.2 cm³/mol. The molecule has 0 amide bonds. The van der Waals surface area contributed by atoms with Gasteiger partial charge in [-0.2, -0.15) is 0 Å². The van der Waals surface area contributed by atoms with Crippen LogP contribution in [0.15, 0.2) is 24.3 Å². The second-order valence-corrected chi connectivity index (χ2v) is 3.86. The van der Waals surface area contributed by atoms with Crippen LogP contribution in [0.2, 0.25) is 0 Å². The molecule has 0 N–H and O–H groups in total. The van der Waals surface area contributed by atoms with E-state index < -0.39 is 0 Å². The summed E-state index contributed by atoms with van der Waals surface area (Å²) in [6, 6.07) is 8.46. The smallest absolute Gasteiger partial charge is 0.147 e. The van der Waals surface area contributed by atoms with Crippen LogP contribution in [-0.2, 0) is 18.2 Å². The van der Waals surface area contributed by atoms with E-state index in [0.717, 1.165) is 0 Å². The Balaban J connectivity index is 0. The average molecular weight is 256 g/mol. The van der Waals surface area contributed by atoms with Crippen LogP contribution in [0.1, 0.15) is 18.9 Å². The molecule has 0 aliphatic heterocycles. The molecule has 1 aromatic carbocycles. The van der Waals surface area contributed by atoms with E-state index in [4.69, 9.17) is 11.8 Å². The molecule has 0 saturated carbocycles. The van der Waals surface area contributed by atoms with Crippen molar-refractivity contribution in [2.45, 2.75) is 19.8 Å². The Morgan fingerprint density at radius 3 is 2.38 bits per heavy atom. The van der Waals surface area contributed by atoms with Gasteiger partial charge in [-0.3, -0.25) is 0 Å². The van der Waals surface area contributed by atoms with Gasteiger partial charge >= 0.3 is 0 Å². The van der Waals surface area contributed by atoms with Gasteiger partial charge in [0.2, 0.25) is 0 Å². The van der Waals surface area contributed by atoms with Crippen molar-refractivity contribution in [3.05, 3.63) is 29.8 Å². The van der Waals surface area contributed by atoms with Crippen molar-refractivity contribution >= 4 is 49.3 Å². The van der Waals surface area contributed by atoms with Gasteiger partial charge in [0.05, 0.1) is 0 Å². The number of hydrogen-bond donors (Lipinski definition) is 0. The summed E-state index contributed by atoms with van der Waals surface area (Å²) >= 11 is 5.05. The third-order valence-electron chi connectivity index (χ3n) is 1.65. The molecule has 0 radical (unpaired) electrons. The molecule has 0 aromatic heterocycles. The molecule has 0 aliphatic carbocycles. The van der Waals surface area contributed by atoms with E-state index in [-0.39, 0.29) is 24.8 Å². The molecule has 0 spiro atoms. The van der Waals surface area contributed by atoms with Crippen LogP contribution in [0.25, 0.3) is 0 Å². The van der Waals surface area contributed by atoms with Crippen molar-refractivity contribution in [2.75, 3.05) is 0 Å². The summed E-state index contributed by atoms with van der Waals surface area (Å²) in [6.45, 7) is 2.20. The topological polar surface area (TPSA) is 0 Å². The normalized spacial score (nSPS) is 8.69. The molecule has 0 fully saturated rings. The number of aryl methyl sites for hydroxylation is 1. The highest BCUT2D eigenvalue weighted by molar-refractivity contribution is 7.99. The van der Waals surface area contributed by atoms with Crippen LogP contribution < -0.4 is 5.30 Å². The van der Waals surface area contributed by atoms with E-state index in [1.54, 1.807) is 0 Å². The van der Waals surface area contributed by atoms with Crippen LogP contribution in [0.3, 0.4) is 0 Å². The Morgan fingerprint density at radius 1 is 1.23 bits per heavy atom. The van der Waals surface area contributed by atoms with Crippen LogP contribution >= 0.6 is 32.2 Å². The molecule has 1 unspecified atom stereocenters. The summed E-state index contributed by atoms with van der Waals surface area (Å²) in [6.07, 6.45) is 2.37. The van der Waals surface area contributed by atoms with Gasteiger partial charge in [0, 0.05) is 5.56 Å². The van der Waals surface area contributed by atoms with Crippen LogP contribution in [0.5, 0.6) is 0 Å². The maximum Gasteiger partial charge on any atom is 0.198 e. The molecule has 0 bridgehead atoms. The molecule has 13 heavy (non-hydrogen) atoms. The highest BCUT2D eigenvalue weighted by Gasteiger charge is 2.02. The molecule has 4 heteroatoms. The zero-order chi connectivity index (χ0) is 8.10. The van der Waals surface area contributed by atoms with Crippen LogP contribution in [0.4, 0.5) is 0 Å². The Hall–Kier alpha value is 0.320. The maximum atomic E-state index is 5.05. The van der Waals surface area contributed by atoms with Crippen molar-refractivity contribution < 1.29 is 0 Å². The molecule has 74 valence electrons. The van der Waals surface area contributed by atoms with Crippen molar-refractivity contribution in [1.29, 1.82) is 0 Å². The van der Waals surface area contributed by atoms with E-state index in [0.29, 0.717) is 7.36 Å². The van der Waals surface area contributed by atoms with Gasteiger partial charge in [0.15, 0.2) is 24.5 Å². The van der Waals surface area contributed by atoms with Gasteiger partial charge in [0.25, 0.3) is 0 Å². The van der Waals surface area contributed by atoms with Gasteiger partial charge in [-0.15, -0.1) is 24.8 Å². The fourth-order valence-corrected chi connectivity index (χ4v) is 2.21. The minimum atomic E-state index is 0. The quantitative estimate of drug-likeness (QED) is 0.748. The molecule has 1 atom stereocenters. The second-order valence-electron chi connectivity index (χ2n) is 2.51. The first-order valence-corrected chi connectivity index (χ1v) is 5.98. The lowest BCUT2D eigenvalue weighted by Gasteiger charge is -1.95. The Kier molecular flexibility index (Phi) is 10.8. The SMILES string of the molecule is CCCc1ccccc1[PH+]=S.Cl.Cl. The lowest BCUT2D eigenvalue weighted by Crippen LogP contribution is -2.00. The Labute approximate surface area is 98.8 Å². The summed E-state index contributed by atoms with van der Waals surface area (Å²) in [5.74, 6) is 0. The summed E-state index contributed by atoms with van der Waals surface area (Å²) in [7, 11) is 0.522. The predicted octanol–water partition coefficient (Wildman–Crippen LogP) is 3.25. The molecule has 0 nitrogen and oxygen atoms in total. The lowest BCUT2D eigenvalue weighted by atomic mass is 10.1. The Morgan fingerprint density at radius 2 is 1.85 bits per heavy atom. The molecular weight excluding hydrogens is 242 g/mol. The largest absolute Gasteiger partial charge is 0.198 e. The van der Waals surface area contributed by atoms with E-state index in [1.807, 2.05) is 0 Å². The van der Waals surface area contributed by atoms with Gasteiger partial charge in [-0.05, 0) is 12.5 Å². The number of rotatable bonds is 3. The first-order chi connectivity index (χ1) is 5.38. The summed E-state index contributed by atoms with van der Waals surface area (Å²) in [4.78, 5) is 0. The third kappa shape index (κ3) is 4.93. The van der Waals surface area contributed by atoms with Gasteiger partial charge < -0.3 is 0 Å². The maximum absolute atomic E-state index is 5.05. The summed E-state index contributed by atoms with van der Waals surface area (Å²) in [5, 5.41) is 1.35. The standard InChI is InChI=1S/C9H11PS.2ClH/c1-2-5-8-6-3-4-7-9(8)10-11;;/h3-4,6-7H,2,5H2,1H3;2*1H/p+1. The highest BCUT2D eigenvalue weighted by atomic mass is 35.5. The van der Waals surface area contributed by atoms with Crippen molar-refractivity contribution in [1.82, 2.24) is 0 Å². The first-order valence-electron chi connectivity index (χ1n) is 3.84. The fraction of sp³-hybridized carbons (Fsp3) is 0.333. The van der Waals surface area contributed by atoms with E-state index in [1.165, 1.54) is 23.7 Å². The average Bonchev–Trinajstić information content (AvgIpc) is 2.06. The van der Waals surface area contributed by atoms with Crippen LogP contribution in [0, 0.1) is 0 Å². The first kappa shape index (κ1) is 15.8. The minimum absolute atomic E-state index is 0. The fourth-order valence-electron chi connectivity index (χ4n) is 1.11. The van der Waals surface area contributed by atoms with Gasteiger partial charge in [-0.25, -0.2) is 0 Å². The zero-order valence-electron chi connectivity index (χ0n) is 7.45. The Bertz CT molecular complexity index is 253. The zero-order valence-corrected chi connectivity index (χ0v) is 10.9. The second kappa shape index (κ2) is 8.90. The van der Waals surface area contributed by atoms with E-state index >= 15 is 0 Å². The van der Waals surface area contributed by atoms with Gasteiger partial charge in [-0.1, -0.05) is 31.5 Å². The van der Waals surface area contributed by atoms with E-state index in [2.05, 4.69) is 31.2 Å². The molecule has 0 saturated heterocycles. The monoisotopic (exact) mass is 255 g/mol. The molecule has 0 aliphatic rings. The van der Waals surface area contributed by atoms with Crippen molar-refractivity contribution in [3.63, 3.8) is 0 Å². The molecule has 1 aromatic rings. The molecule has 0 heterocycles. The summed E-state index contributed by atoms with van der Waals surface area (Å²) < 4.78 is 0. The van der Waals surface area contributed by atoms with E-state index in [9.17, 15) is 0 Å².